The highest BCUT2D eigenvalue weighted by atomic mass is 19.4. The van der Waals surface area contributed by atoms with Crippen LogP contribution in [0.3, 0.4) is 0 Å². The molecule has 0 spiro atoms. The van der Waals surface area contributed by atoms with Crippen LogP contribution in [0.15, 0.2) is 42.6 Å². The van der Waals surface area contributed by atoms with E-state index in [1.54, 1.807) is 4.90 Å². The van der Waals surface area contributed by atoms with Crippen molar-refractivity contribution in [2.24, 2.45) is 0 Å². The van der Waals surface area contributed by atoms with E-state index in [0.29, 0.717) is 19.2 Å². The van der Waals surface area contributed by atoms with E-state index >= 15 is 0 Å². The van der Waals surface area contributed by atoms with Crippen LogP contribution in [-0.4, -0.2) is 47.9 Å². The quantitative estimate of drug-likeness (QED) is 0.798. The first-order valence-corrected chi connectivity index (χ1v) is 6.75. The van der Waals surface area contributed by atoms with Gasteiger partial charge in [-0.15, -0.1) is 0 Å². The first-order chi connectivity index (χ1) is 9.95. The van der Waals surface area contributed by atoms with Gasteiger partial charge < -0.3 is 4.90 Å². The average Bonchev–Trinajstić information content (AvgIpc) is 2.46. The second-order valence-electron chi connectivity index (χ2n) is 4.98. The average molecular weight is 298 g/mol. The Hall–Kier alpha value is -1.82. The molecule has 2 rings (SSSR count). The van der Waals surface area contributed by atoms with Crippen molar-refractivity contribution in [3.63, 3.8) is 0 Å². The van der Waals surface area contributed by atoms with Gasteiger partial charge in [-0.2, -0.15) is 13.2 Å². The molecule has 0 radical (unpaired) electrons. The molecule has 0 aliphatic carbocycles. The molecule has 0 saturated carbocycles. The van der Waals surface area contributed by atoms with Crippen molar-refractivity contribution in [3.8, 4) is 0 Å². The molecule has 1 aliphatic rings. The molecular weight excluding hydrogens is 281 g/mol. The fraction of sp³-hybridized carbons (Fsp3) is 0.400. The molecule has 0 atom stereocenters. The van der Waals surface area contributed by atoms with Crippen LogP contribution in [0.1, 0.15) is 5.56 Å². The van der Waals surface area contributed by atoms with Crippen molar-refractivity contribution in [1.29, 1.82) is 0 Å². The standard InChI is InChI=1S/C15H17F3N2O/c16-15(17,18)14(21)6-7-19-8-10-20(11-9-19)12-13-4-2-1-3-5-13/h1-7H,8-12H2/b7-6+. The van der Waals surface area contributed by atoms with Crippen LogP contribution in [0, 0.1) is 0 Å². The van der Waals surface area contributed by atoms with Gasteiger partial charge in [-0.25, -0.2) is 0 Å². The van der Waals surface area contributed by atoms with Gasteiger partial charge in [-0.05, 0) is 5.56 Å². The number of allylic oxidation sites excluding steroid dienone is 1. The number of rotatable bonds is 4. The first kappa shape index (κ1) is 15.6. The second-order valence-corrected chi connectivity index (χ2v) is 4.98. The fourth-order valence-corrected chi connectivity index (χ4v) is 2.18. The summed E-state index contributed by atoms with van der Waals surface area (Å²) >= 11 is 0. The molecular formula is C15H17F3N2O. The SMILES string of the molecule is O=C(/C=C/N1CCN(Cc2ccccc2)CC1)C(F)(F)F. The highest BCUT2D eigenvalue weighted by Crippen LogP contribution is 2.16. The van der Waals surface area contributed by atoms with Crippen LogP contribution in [0.4, 0.5) is 13.2 Å². The molecule has 6 heteroatoms. The molecule has 0 N–H and O–H groups in total. The maximum absolute atomic E-state index is 12.1. The van der Waals surface area contributed by atoms with Crippen molar-refractivity contribution in [3.05, 3.63) is 48.2 Å². The molecule has 114 valence electrons. The van der Waals surface area contributed by atoms with Crippen molar-refractivity contribution >= 4 is 5.78 Å². The highest BCUT2D eigenvalue weighted by molar-refractivity contribution is 5.94. The normalized spacial score (nSPS) is 17.4. The summed E-state index contributed by atoms with van der Waals surface area (Å²) in [6.07, 6.45) is -2.94. The van der Waals surface area contributed by atoms with E-state index in [1.807, 2.05) is 30.3 Å². The van der Waals surface area contributed by atoms with E-state index < -0.39 is 12.0 Å². The fourth-order valence-electron chi connectivity index (χ4n) is 2.18. The number of carbonyl (C=O) groups is 1. The van der Waals surface area contributed by atoms with E-state index in [-0.39, 0.29) is 0 Å². The van der Waals surface area contributed by atoms with Crippen molar-refractivity contribution in [2.45, 2.75) is 12.7 Å². The summed E-state index contributed by atoms with van der Waals surface area (Å²) in [5, 5.41) is 0. The minimum atomic E-state index is -4.79. The third-order valence-corrected chi connectivity index (χ3v) is 3.37. The lowest BCUT2D eigenvalue weighted by molar-refractivity contribution is -0.165. The summed E-state index contributed by atoms with van der Waals surface area (Å²) in [6.45, 7) is 3.60. The van der Waals surface area contributed by atoms with Gasteiger partial charge in [-0.3, -0.25) is 9.69 Å². The highest BCUT2D eigenvalue weighted by Gasteiger charge is 2.36. The van der Waals surface area contributed by atoms with Crippen LogP contribution < -0.4 is 0 Å². The van der Waals surface area contributed by atoms with Crippen LogP contribution >= 0.6 is 0 Å². The molecule has 1 aromatic rings. The Balaban J connectivity index is 1.78. The van der Waals surface area contributed by atoms with Gasteiger partial charge in [0.05, 0.1) is 0 Å². The molecule has 3 nitrogen and oxygen atoms in total. The number of ketones is 1. The zero-order valence-corrected chi connectivity index (χ0v) is 11.5. The predicted octanol–water partition coefficient (Wildman–Crippen LogP) is 2.45. The Labute approximate surface area is 121 Å². The molecule has 0 amide bonds. The van der Waals surface area contributed by atoms with Gasteiger partial charge in [0.15, 0.2) is 0 Å². The lowest BCUT2D eigenvalue weighted by atomic mass is 10.2. The Morgan fingerprint density at radius 1 is 1.10 bits per heavy atom. The number of hydrogen-bond acceptors (Lipinski definition) is 3. The Bertz CT molecular complexity index is 491. The lowest BCUT2D eigenvalue weighted by Crippen LogP contribution is -2.43. The number of piperazine rings is 1. The number of halogens is 3. The largest absolute Gasteiger partial charge is 0.454 e. The first-order valence-electron chi connectivity index (χ1n) is 6.75. The molecule has 1 fully saturated rings. The number of alkyl halides is 3. The summed E-state index contributed by atoms with van der Waals surface area (Å²) in [7, 11) is 0. The lowest BCUT2D eigenvalue weighted by Gasteiger charge is -2.34. The minimum absolute atomic E-state index is 0.604. The van der Waals surface area contributed by atoms with Gasteiger partial charge in [0.2, 0.25) is 0 Å². The molecule has 0 bridgehead atoms. The van der Waals surface area contributed by atoms with E-state index in [9.17, 15) is 18.0 Å². The Morgan fingerprint density at radius 3 is 2.29 bits per heavy atom. The molecule has 1 aliphatic heterocycles. The van der Waals surface area contributed by atoms with E-state index in [4.69, 9.17) is 0 Å². The van der Waals surface area contributed by atoms with E-state index in [2.05, 4.69) is 4.90 Å². The maximum atomic E-state index is 12.1. The van der Waals surface area contributed by atoms with Crippen LogP contribution in [-0.2, 0) is 11.3 Å². The van der Waals surface area contributed by atoms with Gasteiger partial charge in [0, 0.05) is 45.0 Å². The molecule has 0 unspecified atom stereocenters. The van der Waals surface area contributed by atoms with Crippen LogP contribution in [0.2, 0.25) is 0 Å². The van der Waals surface area contributed by atoms with Crippen LogP contribution in [0.25, 0.3) is 0 Å². The van der Waals surface area contributed by atoms with Gasteiger partial charge in [0.1, 0.15) is 0 Å². The monoisotopic (exact) mass is 298 g/mol. The molecule has 1 saturated heterocycles. The second kappa shape index (κ2) is 6.76. The minimum Gasteiger partial charge on any atom is -0.375 e. The van der Waals surface area contributed by atoms with Gasteiger partial charge in [0.25, 0.3) is 5.78 Å². The summed E-state index contributed by atoms with van der Waals surface area (Å²) in [5.74, 6) is -1.81. The summed E-state index contributed by atoms with van der Waals surface area (Å²) in [6, 6.07) is 10.0. The van der Waals surface area contributed by atoms with E-state index in [0.717, 1.165) is 19.6 Å². The third kappa shape index (κ3) is 4.90. The number of carbonyl (C=O) groups excluding carboxylic acids is 1. The van der Waals surface area contributed by atoms with Gasteiger partial charge in [-0.1, -0.05) is 30.3 Å². The summed E-state index contributed by atoms with van der Waals surface area (Å²) in [4.78, 5) is 14.7. The van der Waals surface area contributed by atoms with E-state index in [1.165, 1.54) is 11.8 Å². The van der Waals surface area contributed by atoms with Crippen molar-refractivity contribution in [2.75, 3.05) is 26.2 Å². The third-order valence-electron chi connectivity index (χ3n) is 3.37. The summed E-state index contributed by atoms with van der Waals surface area (Å²) in [5.41, 5.74) is 1.22. The number of benzene rings is 1. The van der Waals surface area contributed by atoms with Gasteiger partial charge >= 0.3 is 6.18 Å². The van der Waals surface area contributed by atoms with Crippen molar-refractivity contribution in [1.82, 2.24) is 9.80 Å². The topological polar surface area (TPSA) is 23.6 Å². The number of hydrogen-bond donors (Lipinski definition) is 0. The van der Waals surface area contributed by atoms with Crippen LogP contribution in [0.5, 0.6) is 0 Å². The zero-order chi connectivity index (χ0) is 15.3. The number of nitrogens with zero attached hydrogens (tertiary/aromatic N) is 2. The Kier molecular flexibility index (Phi) is 5.01. The molecule has 0 aromatic heterocycles. The predicted molar refractivity (Wildman–Crippen MR) is 73.5 cm³/mol. The maximum Gasteiger partial charge on any atom is 0.454 e. The smallest absolute Gasteiger partial charge is 0.375 e. The molecule has 1 heterocycles. The Morgan fingerprint density at radius 2 is 1.71 bits per heavy atom. The zero-order valence-electron chi connectivity index (χ0n) is 11.5. The summed E-state index contributed by atoms with van der Waals surface area (Å²) < 4.78 is 36.2. The molecule has 1 aromatic carbocycles. The van der Waals surface area contributed by atoms with Crippen molar-refractivity contribution < 1.29 is 18.0 Å². The molecule has 21 heavy (non-hydrogen) atoms.